The molecule has 2 heterocycles. The van der Waals surface area contributed by atoms with Gasteiger partial charge in [-0.25, -0.2) is 0 Å². The van der Waals surface area contributed by atoms with E-state index in [2.05, 4.69) is 36.5 Å². The Bertz CT molecular complexity index is 630. The fraction of sp³-hybridized carbons (Fsp3) is 0.214. The van der Waals surface area contributed by atoms with Crippen LogP contribution in [0.1, 0.15) is 23.0 Å². The van der Waals surface area contributed by atoms with E-state index >= 15 is 0 Å². The first kappa shape index (κ1) is 14.5. The highest BCUT2D eigenvalue weighted by atomic mass is 79.9. The normalized spacial score (nSPS) is 10.2. The molecular formula is C14H15BrN4O. The van der Waals surface area contributed by atoms with Gasteiger partial charge in [-0.3, -0.25) is 14.8 Å². The van der Waals surface area contributed by atoms with E-state index in [1.54, 1.807) is 24.7 Å². The van der Waals surface area contributed by atoms with Crippen molar-refractivity contribution in [3.8, 4) is 0 Å². The second-order valence-electron chi connectivity index (χ2n) is 4.21. The Morgan fingerprint density at radius 3 is 2.85 bits per heavy atom. The molecule has 0 aliphatic heterocycles. The lowest BCUT2D eigenvalue weighted by Crippen LogP contribution is -2.16. The molecule has 0 unspecified atom stereocenters. The molecule has 0 radical (unpaired) electrons. The van der Waals surface area contributed by atoms with Gasteiger partial charge in [0.1, 0.15) is 0 Å². The minimum absolute atomic E-state index is 0.208. The highest BCUT2D eigenvalue weighted by Gasteiger charge is 2.13. The molecule has 20 heavy (non-hydrogen) atoms. The number of halogens is 1. The van der Waals surface area contributed by atoms with E-state index in [1.807, 2.05) is 19.9 Å². The molecule has 5 nitrogen and oxygen atoms in total. The first-order valence-electron chi connectivity index (χ1n) is 6.23. The lowest BCUT2D eigenvalue weighted by Gasteiger charge is -2.12. The number of amides is 1. The summed E-state index contributed by atoms with van der Waals surface area (Å²) in [5, 5.41) is 6.01. The molecule has 0 saturated heterocycles. The minimum Gasteiger partial charge on any atom is -0.385 e. The first-order chi connectivity index (χ1) is 9.61. The van der Waals surface area contributed by atoms with Crippen molar-refractivity contribution in [1.82, 2.24) is 9.97 Å². The topological polar surface area (TPSA) is 66.9 Å². The summed E-state index contributed by atoms with van der Waals surface area (Å²) in [7, 11) is 0. The summed E-state index contributed by atoms with van der Waals surface area (Å²) >= 11 is 3.35. The summed E-state index contributed by atoms with van der Waals surface area (Å²) in [5.41, 5.74) is 2.83. The third-order valence-corrected chi connectivity index (χ3v) is 3.31. The maximum atomic E-state index is 12.3. The van der Waals surface area contributed by atoms with E-state index in [1.165, 1.54) is 0 Å². The van der Waals surface area contributed by atoms with Crippen LogP contribution >= 0.6 is 15.9 Å². The monoisotopic (exact) mass is 334 g/mol. The summed E-state index contributed by atoms with van der Waals surface area (Å²) in [6.45, 7) is 4.61. The lowest BCUT2D eigenvalue weighted by molar-refractivity contribution is 0.102. The molecule has 2 aromatic heterocycles. The second-order valence-corrected chi connectivity index (χ2v) is 5.07. The number of nitrogens with zero attached hydrogens (tertiary/aromatic N) is 2. The second kappa shape index (κ2) is 6.47. The van der Waals surface area contributed by atoms with Crippen LogP contribution in [-0.4, -0.2) is 22.4 Å². The highest BCUT2D eigenvalue weighted by Crippen LogP contribution is 2.22. The molecule has 2 aromatic rings. The summed E-state index contributed by atoms with van der Waals surface area (Å²) in [5.74, 6) is -0.208. The number of nitrogens with one attached hydrogen (secondary N) is 2. The quantitative estimate of drug-likeness (QED) is 0.900. The van der Waals surface area contributed by atoms with Crippen molar-refractivity contribution in [3.63, 3.8) is 0 Å². The average Bonchev–Trinajstić information content (AvgIpc) is 2.42. The molecule has 0 saturated carbocycles. The van der Waals surface area contributed by atoms with Gasteiger partial charge in [0, 0.05) is 30.8 Å². The third-order valence-electron chi connectivity index (χ3n) is 2.67. The van der Waals surface area contributed by atoms with Gasteiger partial charge in [-0.2, -0.15) is 0 Å². The third kappa shape index (κ3) is 3.33. The number of anilines is 2. The van der Waals surface area contributed by atoms with Crippen LogP contribution in [0.5, 0.6) is 0 Å². The van der Waals surface area contributed by atoms with Crippen LogP contribution in [0, 0.1) is 6.92 Å². The van der Waals surface area contributed by atoms with Crippen LogP contribution in [0.4, 0.5) is 11.4 Å². The van der Waals surface area contributed by atoms with Crippen LogP contribution in [0.2, 0.25) is 0 Å². The van der Waals surface area contributed by atoms with Crippen LogP contribution in [-0.2, 0) is 0 Å². The van der Waals surface area contributed by atoms with Gasteiger partial charge in [-0.15, -0.1) is 0 Å². The van der Waals surface area contributed by atoms with Crippen LogP contribution in [0.15, 0.2) is 35.2 Å². The van der Waals surface area contributed by atoms with Crippen molar-refractivity contribution in [2.24, 2.45) is 0 Å². The molecule has 6 heteroatoms. The number of pyridine rings is 2. The maximum Gasteiger partial charge on any atom is 0.259 e. The van der Waals surface area contributed by atoms with Gasteiger partial charge in [-0.05, 0) is 41.9 Å². The summed E-state index contributed by atoms with van der Waals surface area (Å²) < 4.78 is 0.735. The van der Waals surface area contributed by atoms with E-state index in [-0.39, 0.29) is 5.91 Å². The molecule has 0 atom stereocenters. The van der Waals surface area contributed by atoms with Crippen molar-refractivity contribution in [1.29, 1.82) is 0 Å². The predicted molar refractivity (Wildman–Crippen MR) is 83.0 cm³/mol. The Balaban J connectivity index is 2.27. The van der Waals surface area contributed by atoms with Gasteiger partial charge in [0.25, 0.3) is 5.91 Å². The number of carbonyl (C=O) groups is 1. The minimum atomic E-state index is -0.208. The summed E-state index contributed by atoms with van der Waals surface area (Å²) in [6, 6.07) is 3.59. The summed E-state index contributed by atoms with van der Waals surface area (Å²) in [4.78, 5) is 20.5. The zero-order valence-electron chi connectivity index (χ0n) is 11.3. The largest absolute Gasteiger partial charge is 0.385 e. The van der Waals surface area contributed by atoms with E-state index in [0.717, 1.165) is 22.4 Å². The molecule has 2 N–H and O–H groups in total. The number of hydrogen-bond donors (Lipinski definition) is 2. The van der Waals surface area contributed by atoms with Crippen molar-refractivity contribution in [2.75, 3.05) is 17.2 Å². The van der Waals surface area contributed by atoms with Gasteiger partial charge < -0.3 is 10.6 Å². The Morgan fingerprint density at radius 2 is 2.15 bits per heavy atom. The van der Waals surface area contributed by atoms with E-state index in [9.17, 15) is 4.79 Å². The number of carbonyl (C=O) groups excluding carboxylic acids is 1. The number of hydrogen-bond acceptors (Lipinski definition) is 4. The first-order valence-corrected chi connectivity index (χ1v) is 7.02. The van der Waals surface area contributed by atoms with Gasteiger partial charge in [-0.1, -0.05) is 0 Å². The molecule has 0 spiro atoms. The van der Waals surface area contributed by atoms with Gasteiger partial charge in [0.2, 0.25) is 0 Å². The van der Waals surface area contributed by atoms with Crippen molar-refractivity contribution in [3.05, 3.63) is 46.5 Å². The van der Waals surface area contributed by atoms with Crippen molar-refractivity contribution < 1.29 is 4.79 Å². The molecule has 0 fully saturated rings. The average molecular weight is 335 g/mol. The molecule has 1 amide bonds. The molecular weight excluding hydrogens is 320 g/mol. The zero-order valence-corrected chi connectivity index (χ0v) is 12.9. The lowest BCUT2D eigenvalue weighted by atomic mass is 10.2. The Labute approximate surface area is 126 Å². The fourth-order valence-electron chi connectivity index (χ4n) is 1.74. The Kier molecular flexibility index (Phi) is 4.68. The van der Waals surface area contributed by atoms with E-state index in [0.29, 0.717) is 11.3 Å². The van der Waals surface area contributed by atoms with Gasteiger partial charge in [0.05, 0.1) is 21.4 Å². The summed E-state index contributed by atoms with van der Waals surface area (Å²) in [6.07, 6.45) is 4.84. The molecule has 0 aliphatic carbocycles. The number of aromatic nitrogens is 2. The molecule has 104 valence electrons. The molecule has 0 bridgehead atoms. The fourth-order valence-corrected chi connectivity index (χ4v) is 2.09. The zero-order chi connectivity index (χ0) is 14.5. The number of rotatable bonds is 4. The van der Waals surface area contributed by atoms with Crippen LogP contribution < -0.4 is 10.6 Å². The Morgan fingerprint density at radius 1 is 1.35 bits per heavy atom. The Hall–Kier alpha value is -1.95. The van der Waals surface area contributed by atoms with E-state index < -0.39 is 0 Å². The van der Waals surface area contributed by atoms with Crippen LogP contribution in [0.25, 0.3) is 0 Å². The number of aryl methyl sites for hydroxylation is 1. The smallest absolute Gasteiger partial charge is 0.259 e. The predicted octanol–water partition coefficient (Wildman–Crippen LogP) is 3.23. The van der Waals surface area contributed by atoms with Crippen molar-refractivity contribution >= 4 is 33.2 Å². The molecule has 0 aromatic carbocycles. The highest BCUT2D eigenvalue weighted by molar-refractivity contribution is 9.10. The van der Waals surface area contributed by atoms with E-state index in [4.69, 9.17) is 0 Å². The molecule has 0 aliphatic rings. The van der Waals surface area contributed by atoms with Gasteiger partial charge >= 0.3 is 0 Å². The SMILES string of the molecule is CCNc1cc(C)ncc1C(=O)Nc1ccncc1Br. The molecule has 2 rings (SSSR count). The van der Waals surface area contributed by atoms with Gasteiger partial charge in [0.15, 0.2) is 0 Å². The van der Waals surface area contributed by atoms with Crippen LogP contribution in [0.3, 0.4) is 0 Å². The standard InChI is InChI=1S/C14H15BrN4O/c1-3-17-13-6-9(2)18-7-10(13)14(20)19-12-4-5-16-8-11(12)15/h4-8H,3H2,1-2H3,(H,17,18)(H,16,19,20). The van der Waals surface area contributed by atoms with Crippen molar-refractivity contribution in [2.45, 2.75) is 13.8 Å². The maximum absolute atomic E-state index is 12.3.